The fourth-order valence-corrected chi connectivity index (χ4v) is 2.79. The van der Waals surface area contributed by atoms with Crippen LogP contribution in [0.5, 0.6) is 5.75 Å². The topological polar surface area (TPSA) is 46.6 Å². The minimum absolute atomic E-state index is 0.0118. The second-order valence-electron chi connectivity index (χ2n) is 5.25. The maximum Gasteiger partial charge on any atom is 0.227 e. The molecule has 0 radical (unpaired) electrons. The molecule has 0 bridgehead atoms. The van der Waals surface area contributed by atoms with Crippen molar-refractivity contribution in [2.24, 2.45) is 0 Å². The van der Waals surface area contributed by atoms with Crippen LogP contribution < -0.4 is 9.64 Å². The summed E-state index contributed by atoms with van der Waals surface area (Å²) in [6, 6.07) is 15.9. The summed E-state index contributed by atoms with van der Waals surface area (Å²) in [4.78, 5) is 26.5. The number of ketones is 1. The first kappa shape index (κ1) is 14.3. The molecule has 0 spiro atoms. The van der Waals surface area contributed by atoms with E-state index in [4.69, 9.17) is 4.74 Å². The first-order valence-corrected chi connectivity index (χ1v) is 7.26. The van der Waals surface area contributed by atoms with E-state index < -0.39 is 6.04 Å². The summed E-state index contributed by atoms with van der Waals surface area (Å²) in [5.74, 6) is 0.697. The maximum absolute atomic E-state index is 12.7. The molecule has 112 valence electrons. The molecule has 1 aliphatic rings. The van der Waals surface area contributed by atoms with Crippen LogP contribution in [0.3, 0.4) is 0 Å². The van der Waals surface area contributed by atoms with Crippen molar-refractivity contribution in [1.29, 1.82) is 0 Å². The fraction of sp³-hybridized carbons (Fsp3) is 0.222. The average molecular weight is 295 g/mol. The van der Waals surface area contributed by atoms with E-state index >= 15 is 0 Å². The molecule has 0 N–H and O–H groups in total. The Morgan fingerprint density at radius 1 is 1.09 bits per heavy atom. The second kappa shape index (κ2) is 6.02. The smallest absolute Gasteiger partial charge is 0.227 e. The Morgan fingerprint density at radius 3 is 2.41 bits per heavy atom. The Hall–Kier alpha value is -2.62. The lowest BCUT2D eigenvalue weighted by molar-refractivity contribution is -0.117. The lowest BCUT2D eigenvalue weighted by atomic mass is 10.0. The molecule has 4 heteroatoms. The van der Waals surface area contributed by atoms with Crippen molar-refractivity contribution in [2.75, 3.05) is 12.0 Å². The van der Waals surface area contributed by atoms with Gasteiger partial charge in [0.15, 0.2) is 5.78 Å². The van der Waals surface area contributed by atoms with Crippen LogP contribution in [0.15, 0.2) is 54.6 Å². The van der Waals surface area contributed by atoms with Gasteiger partial charge in [-0.05, 0) is 30.7 Å². The van der Waals surface area contributed by atoms with E-state index in [0.29, 0.717) is 18.4 Å². The molecular weight excluding hydrogens is 278 g/mol. The van der Waals surface area contributed by atoms with Crippen LogP contribution in [-0.4, -0.2) is 24.8 Å². The van der Waals surface area contributed by atoms with Crippen LogP contribution in [0.2, 0.25) is 0 Å². The van der Waals surface area contributed by atoms with Crippen molar-refractivity contribution >= 4 is 17.4 Å². The predicted octanol–water partition coefficient (Wildman–Crippen LogP) is 3.07. The van der Waals surface area contributed by atoms with E-state index in [-0.39, 0.29) is 11.7 Å². The minimum Gasteiger partial charge on any atom is -0.497 e. The van der Waals surface area contributed by atoms with Gasteiger partial charge in [0.05, 0.1) is 7.11 Å². The van der Waals surface area contributed by atoms with Gasteiger partial charge in [0.2, 0.25) is 5.91 Å². The highest BCUT2D eigenvalue weighted by Gasteiger charge is 2.37. The van der Waals surface area contributed by atoms with Gasteiger partial charge in [0, 0.05) is 17.7 Å². The average Bonchev–Trinajstić information content (AvgIpc) is 2.96. The summed E-state index contributed by atoms with van der Waals surface area (Å²) in [6.45, 7) is 0. The third kappa shape index (κ3) is 2.60. The van der Waals surface area contributed by atoms with Crippen molar-refractivity contribution in [1.82, 2.24) is 0 Å². The number of carbonyl (C=O) groups excluding carboxylic acids is 2. The van der Waals surface area contributed by atoms with Gasteiger partial charge in [0.25, 0.3) is 0 Å². The highest BCUT2D eigenvalue weighted by atomic mass is 16.5. The predicted molar refractivity (Wildman–Crippen MR) is 84.3 cm³/mol. The van der Waals surface area contributed by atoms with E-state index in [0.717, 1.165) is 11.4 Å². The minimum atomic E-state index is -0.428. The summed E-state index contributed by atoms with van der Waals surface area (Å²) in [5, 5.41) is 0. The standard InChI is InChI=1S/C18H17NO3/c1-22-15-9-7-14(8-10-15)19-16(11-12-17(19)20)18(21)13-5-3-2-4-6-13/h2-10,16H,11-12H2,1H3. The van der Waals surface area contributed by atoms with E-state index in [2.05, 4.69) is 0 Å². The molecule has 2 aromatic carbocycles. The van der Waals surface area contributed by atoms with Crippen molar-refractivity contribution < 1.29 is 14.3 Å². The van der Waals surface area contributed by atoms with Crippen LogP contribution in [0.1, 0.15) is 23.2 Å². The second-order valence-corrected chi connectivity index (χ2v) is 5.25. The number of methoxy groups -OCH3 is 1. The maximum atomic E-state index is 12.7. The molecule has 2 aromatic rings. The lowest BCUT2D eigenvalue weighted by Crippen LogP contribution is -2.38. The van der Waals surface area contributed by atoms with E-state index in [9.17, 15) is 9.59 Å². The third-order valence-corrected chi connectivity index (χ3v) is 3.92. The fourth-order valence-electron chi connectivity index (χ4n) is 2.79. The van der Waals surface area contributed by atoms with E-state index in [1.165, 1.54) is 0 Å². The summed E-state index contributed by atoms with van der Waals surface area (Å²) in [5.41, 5.74) is 1.37. The van der Waals surface area contributed by atoms with Crippen molar-refractivity contribution in [3.63, 3.8) is 0 Å². The zero-order chi connectivity index (χ0) is 15.5. The normalized spacial score (nSPS) is 17.6. The molecule has 3 rings (SSSR count). The van der Waals surface area contributed by atoms with Crippen LogP contribution in [0, 0.1) is 0 Å². The van der Waals surface area contributed by atoms with Crippen molar-refractivity contribution in [2.45, 2.75) is 18.9 Å². The van der Waals surface area contributed by atoms with Crippen LogP contribution in [0.4, 0.5) is 5.69 Å². The van der Waals surface area contributed by atoms with Crippen LogP contribution in [0.25, 0.3) is 0 Å². The Kier molecular flexibility index (Phi) is 3.92. The molecule has 1 heterocycles. The molecule has 0 aromatic heterocycles. The molecule has 1 saturated heterocycles. The number of benzene rings is 2. The number of amides is 1. The zero-order valence-electron chi connectivity index (χ0n) is 12.4. The molecule has 0 aliphatic carbocycles. The zero-order valence-corrected chi connectivity index (χ0v) is 12.4. The lowest BCUT2D eigenvalue weighted by Gasteiger charge is -2.24. The Balaban J connectivity index is 1.90. The molecule has 1 atom stereocenters. The van der Waals surface area contributed by atoms with Gasteiger partial charge in [-0.2, -0.15) is 0 Å². The van der Waals surface area contributed by atoms with Gasteiger partial charge in [-0.15, -0.1) is 0 Å². The molecule has 1 unspecified atom stereocenters. The van der Waals surface area contributed by atoms with E-state index in [1.807, 2.05) is 30.3 Å². The first-order valence-electron chi connectivity index (χ1n) is 7.26. The van der Waals surface area contributed by atoms with Crippen LogP contribution in [-0.2, 0) is 4.79 Å². The molecule has 1 fully saturated rings. The highest BCUT2D eigenvalue weighted by molar-refractivity contribution is 6.10. The van der Waals surface area contributed by atoms with E-state index in [1.54, 1.807) is 36.3 Å². The van der Waals surface area contributed by atoms with Gasteiger partial charge in [0.1, 0.15) is 11.8 Å². The summed E-state index contributed by atoms with van der Waals surface area (Å²) in [7, 11) is 1.59. The number of Topliss-reactive ketones (excluding diaryl/α,β-unsaturated/α-hetero) is 1. The number of hydrogen-bond donors (Lipinski definition) is 0. The molecule has 4 nitrogen and oxygen atoms in total. The highest BCUT2D eigenvalue weighted by Crippen LogP contribution is 2.30. The van der Waals surface area contributed by atoms with Gasteiger partial charge in [-0.25, -0.2) is 0 Å². The summed E-state index contributed by atoms with van der Waals surface area (Å²) >= 11 is 0. The van der Waals surface area contributed by atoms with Gasteiger partial charge in [-0.1, -0.05) is 30.3 Å². The van der Waals surface area contributed by atoms with Crippen molar-refractivity contribution in [3.05, 3.63) is 60.2 Å². The Bertz CT molecular complexity index is 679. The number of rotatable bonds is 4. The number of anilines is 1. The Labute approximate surface area is 129 Å². The monoisotopic (exact) mass is 295 g/mol. The van der Waals surface area contributed by atoms with Gasteiger partial charge >= 0.3 is 0 Å². The van der Waals surface area contributed by atoms with Gasteiger partial charge < -0.3 is 9.64 Å². The van der Waals surface area contributed by atoms with Gasteiger partial charge in [-0.3, -0.25) is 9.59 Å². The third-order valence-electron chi connectivity index (χ3n) is 3.92. The number of hydrogen-bond acceptors (Lipinski definition) is 3. The molecule has 22 heavy (non-hydrogen) atoms. The largest absolute Gasteiger partial charge is 0.497 e. The molecule has 1 aliphatic heterocycles. The van der Waals surface area contributed by atoms with Crippen molar-refractivity contribution in [3.8, 4) is 5.75 Å². The SMILES string of the molecule is COc1ccc(N2C(=O)CCC2C(=O)c2ccccc2)cc1. The quantitative estimate of drug-likeness (QED) is 0.814. The van der Waals surface area contributed by atoms with Crippen LogP contribution >= 0.6 is 0 Å². The number of carbonyl (C=O) groups is 2. The first-order chi connectivity index (χ1) is 10.7. The number of nitrogens with zero attached hydrogens (tertiary/aromatic N) is 1. The summed E-state index contributed by atoms with van der Waals surface area (Å²) < 4.78 is 5.13. The number of ether oxygens (including phenoxy) is 1. The Morgan fingerprint density at radius 2 is 1.77 bits per heavy atom. The summed E-state index contributed by atoms with van der Waals surface area (Å²) in [6.07, 6.45) is 0.952. The molecule has 0 saturated carbocycles. The molecule has 1 amide bonds. The molecular formula is C18H17NO3.